The molecule has 0 amide bonds. The van der Waals surface area contributed by atoms with Gasteiger partial charge in [-0.1, -0.05) is 41.0 Å². The number of carbonyl (C=O) groups is 1. The van der Waals surface area contributed by atoms with Crippen LogP contribution in [0.4, 0.5) is 4.39 Å². The highest BCUT2D eigenvalue weighted by Gasteiger charge is 2.12. The highest BCUT2D eigenvalue weighted by molar-refractivity contribution is 6.30. The Kier molecular flexibility index (Phi) is 5.71. The van der Waals surface area contributed by atoms with Crippen LogP contribution in [0.25, 0.3) is 11.1 Å². The standard InChI is InChI=1S/C17H15ClFNO3/c1-23-20-16(8-9-17(21)22)12-4-7-14(15(19)10-12)11-2-5-13(18)6-3-11/h2-7,10H,8-9H2,1H3,(H,21,22)/b20-16+. The molecule has 0 aromatic heterocycles. The van der Waals surface area contributed by atoms with E-state index in [-0.39, 0.29) is 12.8 Å². The van der Waals surface area contributed by atoms with Gasteiger partial charge in [0.05, 0.1) is 12.1 Å². The Balaban J connectivity index is 2.31. The van der Waals surface area contributed by atoms with Gasteiger partial charge < -0.3 is 9.94 Å². The lowest BCUT2D eigenvalue weighted by Gasteiger charge is -2.08. The first-order valence-electron chi connectivity index (χ1n) is 6.89. The zero-order valence-corrected chi connectivity index (χ0v) is 13.2. The van der Waals surface area contributed by atoms with Crippen LogP contribution in [0.2, 0.25) is 5.02 Å². The topological polar surface area (TPSA) is 58.9 Å². The number of carboxylic acids is 1. The predicted molar refractivity (Wildman–Crippen MR) is 87.3 cm³/mol. The molecule has 0 atom stereocenters. The number of benzene rings is 2. The molecular weight excluding hydrogens is 321 g/mol. The summed E-state index contributed by atoms with van der Waals surface area (Å²) < 4.78 is 14.4. The minimum Gasteiger partial charge on any atom is -0.481 e. The van der Waals surface area contributed by atoms with Crippen molar-refractivity contribution in [3.63, 3.8) is 0 Å². The smallest absolute Gasteiger partial charge is 0.303 e. The highest BCUT2D eigenvalue weighted by Crippen LogP contribution is 2.25. The van der Waals surface area contributed by atoms with Crippen LogP contribution in [-0.4, -0.2) is 23.9 Å². The molecule has 0 radical (unpaired) electrons. The molecule has 0 fully saturated rings. The second kappa shape index (κ2) is 7.74. The fourth-order valence-electron chi connectivity index (χ4n) is 2.14. The van der Waals surface area contributed by atoms with Gasteiger partial charge in [0.25, 0.3) is 0 Å². The van der Waals surface area contributed by atoms with Crippen LogP contribution >= 0.6 is 11.6 Å². The Morgan fingerprint density at radius 1 is 1.22 bits per heavy atom. The second-order valence-electron chi connectivity index (χ2n) is 4.82. The van der Waals surface area contributed by atoms with Crippen molar-refractivity contribution in [2.75, 3.05) is 7.11 Å². The molecule has 0 saturated carbocycles. The summed E-state index contributed by atoms with van der Waals surface area (Å²) in [5, 5.41) is 13.1. The molecule has 0 spiro atoms. The normalized spacial score (nSPS) is 11.3. The average Bonchev–Trinajstić information content (AvgIpc) is 2.52. The Hall–Kier alpha value is -2.40. The van der Waals surface area contributed by atoms with Crippen molar-refractivity contribution >= 4 is 23.3 Å². The molecule has 0 unspecified atom stereocenters. The molecule has 1 N–H and O–H groups in total. The molecule has 4 nitrogen and oxygen atoms in total. The van der Waals surface area contributed by atoms with Crippen molar-refractivity contribution in [2.45, 2.75) is 12.8 Å². The number of hydrogen-bond acceptors (Lipinski definition) is 3. The number of hydrogen-bond donors (Lipinski definition) is 1. The Labute approximate surface area is 138 Å². The maximum Gasteiger partial charge on any atom is 0.303 e. The molecule has 6 heteroatoms. The average molecular weight is 336 g/mol. The van der Waals surface area contributed by atoms with Crippen molar-refractivity contribution in [2.24, 2.45) is 5.16 Å². The fraction of sp³-hybridized carbons (Fsp3) is 0.176. The fourth-order valence-corrected chi connectivity index (χ4v) is 2.26. The zero-order valence-electron chi connectivity index (χ0n) is 12.4. The lowest BCUT2D eigenvalue weighted by atomic mass is 10.00. The van der Waals surface area contributed by atoms with E-state index in [1.165, 1.54) is 13.2 Å². The van der Waals surface area contributed by atoms with Crippen LogP contribution in [0.15, 0.2) is 47.6 Å². The summed E-state index contributed by atoms with van der Waals surface area (Å²) in [6.07, 6.45) is 0.0473. The summed E-state index contributed by atoms with van der Waals surface area (Å²) in [7, 11) is 1.36. The van der Waals surface area contributed by atoms with Gasteiger partial charge in [0.15, 0.2) is 0 Å². The summed E-state index contributed by atoms with van der Waals surface area (Å²) in [6.45, 7) is 0. The molecule has 0 aliphatic rings. The number of rotatable bonds is 6. The van der Waals surface area contributed by atoms with Crippen molar-refractivity contribution in [3.8, 4) is 11.1 Å². The predicted octanol–water partition coefficient (Wildman–Crippen LogP) is 4.36. The van der Waals surface area contributed by atoms with Gasteiger partial charge in [-0.2, -0.15) is 0 Å². The van der Waals surface area contributed by atoms with Crippen LogP contribution in [0.5, 0.6) is 0 Å². The van der Waals surface area contributed by atoms with E-state index in [1.807, 2.05) is 0 Å². The van der Waals surface area contributed by atoms with Crippen molar-refractivity contribution < 1.29 is 19.1 Å². The third kappa shape index (κ3) is 4.53. The number of halogens is 2. The van der Waals surface area contributed by atoms with Crippen LogP contribution in [-0.2, 0) is 9.63 Å². The monoisotopic (exact) mass is 335 g/mol. The van der Waals surface area contributed by atoms with E-state index in [0.717, 1.165) is 0 Å². The largest absolute Gasteiger partial charge is 0.481 e. The van der Waals surface area contributed by atoms with Gasteiger partial charge in [-0.15, -0.1) is 0 Å². The highest BCUT2D eigenvalue weighted by atomic mass is 35.5. The minimum atomic E-state index is -0.952. The quantitative estimate of drug-likeness (QED) is 0.630. The Morgan fingerprint density at radius 2 is 1.91 bits per heavy atom. The second-order valence-corrected chi connectivity index (χ2v) is 5.25. The summed E-state index contributed by atoms with van der Waals surface area (Å²) in [5.41, 5.74) is 2.01. The molecule has 0 aliphatic carbocycles. The number of oxime groups is 1. The third-order valence-electron chi connectivity index (χ3n) is 3.23. The van der Waals surface area contributed by atoms with E-state index < -0.39 is 11.8 Å². The van der Waals surface area contributed by atoms with Gasteiger partial charge in [-0.3, -0.25) is 4.79 Å². The maximum absolute atomic E-state index is 14.4. The van der Waals surface area contributed by atoms with E-state index in [9.17, 15) is 9.18 Å². The van der Waals surface area contributed by atoms with Crippen molar-refractivity contribution in [3.05, 3.63) is 58.9 Å². The molecule has 2 aromatic rings. The Bertz CT molecular complexity index is 729. The first kappa shape index (κ1) is 17.0. The van der Waals surface area contributed by atoms with Crippen LogP contribution in [0.1, 0.15) is 18.4 Å². The lowest BCUT2D eigenvalue weighted by Crippen LogP contribution is -2.06. The number of aliphatic carboxylic acids is 1. The molecule has 2 rings (SSSR count). The third-order valence-corrected chi connectivity index (χ3v) is 3.49. The number of carboxylic acid groups (broad SMARTS) is 1. The molecule has 120 valence electrons. The van der Waals surface area contributed by atoms with E-state index in [2.05, 4.69) is 5.16 Å². The zero-order chi connectivity index (χ0) is 16.8. The molecule has 0 saturated heterocycles. The van der Waals surface area contributed by atoms with Gasteiger partial charge in [-0.05, 0) is 23.8 Å². The lowest BCUT2D eigenvalue weighted by molar-refractivity contribution is -0.136. The van der Waals surface area contributed by atoms with Crippen molar-refractivity contribution in [1.82, 2.24) is 0 Å². The summed E-state index contributed by atoms with van der Waals surface area (Å²) in [5.74, 6) is -1.38. The summed E-state index contributed by atoms with van der Waals surface area (Å²) in [6, 6.07) is 11.5. The first-order valence-corrected chi connectivity index (χ1v) is 7.26. The van der Waals surface area contributed by atoms with E-state index in [4.69, 9.17) is 21.5 Å². The Morgan fingerprint density at radius 3 is 2.48 bits per heavy atom. The molecule has 0 heterocycles. The molecular formula is C17H15ClFNO3. The van der Waals surface area contributed by atoms with Crippen LogP contribution in [0.3, 0.4) is 0 Å². The molecule has 0 bridgehead atoms. The van der Waals surface area contributed by atoms with Gasteiger partial charge >= 0.3 is 5.97 Å². The summed E-state index contributed by atoms with van der Waals surface area (Å²) in [4.78, 5) is 15.4. The number of nitrogens with zero attached hydrogens (tertiary/aromatic N) is 1. The molecule has 23 heavy (non-hydrogen) atoms. The maximum atomic E-state index is 14.4. The van der Waals surface area contributed by atoms with Gasteiger partial charge in [0.1, 0.15) is 12.9 Å². The van der Waals surface area contributed by atoms with Crippen LogP contribution in [0, 0.1) is 5.82 Å². The van der Waals surface area contributed by atoms with Crippen LogP contribution < -0.4 is 0 Å². The first-order chi connectivity index (χ1) is 11.0. The molecule has 2 aromatic carbocycles. The van der Waals surface area contributed by atoms with E-state index in [0.29, 0.717) is 27.4 Å². The summed E-state index contributed by atoms with van der Waals surface area (Å²) >= 11 is 5.83. The SMILES string of the molecule is CO/N=C(\CCC(=O)O)c1ccc(-c2ccc(Cl)cc2)c(F)c1. The van der Waals surface area contributed by atoms with E-state index >= 15 is 0 Å². The molecule has 0 aliphatic heterocycles. The van der Waals surface area contributed by atoms with Gasteiger partial charge in [0, 0.05) is 22.6 Å². The minimum absolute atomic E-state index is 0.108. The van der Waals surface area contributed by atoms with Crippen molar-refractivity contribution in [1.29, 1.82) is 0 Å². The van der Waals surface area contributed by atoms with Gasteiger partial charge in [0.2, 0.25) is 0 Å². The van der Waals surface area contributed by atoms with E-state index in [1.54, 1.807) is 36.4 Å². The van der Waals surface area contributed by atoms with Gasteiger partial charge in [-0.25, -0.2) is 4.39 Å².